The van der Waals surface area contributed by atoms with Crippen LogP contribution in [0.3, 0.4) is 0 Å². The lowest BCUT2D eigenvalue weighted by molar-refractivity contribution is 0.0700. The highest BCUT2D eigenvalue weighted by molar-refractivity contribution is 8.13. The van der Waals surface area contributed by atoms with Gasteiger partial charge >= 0.3 is 0 Å². The van der Waals surface area contributed by atoms with Gasteiger partial charge in [0.15, 0.2) is 0 Å². The third-order valence-corrected chi connectivity index (χ3v) is 5.40. The Kier molecular flexibility index (Phi) is 4.63. The van der Waals surface area contributed by atoms with Gasteiger partial charge in [-0.3, -0.25) is 4.79 Å². The van der Waals surface area contributed by atoms with Crippen LogP contribution < -0.4 is 0 Å². The molecule has 0 saturated carbocycles. The number of rotatable bonds is 3. The van der Waals surface area contributed by atoms with Gasteiger partial charge in [-0.15, -0.1) is 0 Å². The van der Waals surface area contributed by atoms with Gasteiger partial charge in [-0.1, -0.05) is 19.9 Å². The highest BCUT2D eigenvalue weighted by atomic mass is 35.7. The summed E-state index contributed by atoms with van der Waals surface area (Å²) in [5.74, 6) is 0.280. The summed E-state index contributed by atoms with van der Waals surface area (Å²) in [6.07, 6.45) is 1.98. The molecule has 0 N–H and O–H groups in total. The van der Waals surface area contributed by atoms with Crippen molar-refractivity contribution in [2.45, 2.75) is 44.6 Å². The highest BCUT2D eigenvalue weighted by Gasteiger charge is 2.32. The van der Waals surface area contributed by atoms with Crippen molar-refractivity contribution < 1.29 is 13.2 Å². The van der Waals surface area contributed by atoms with Gasteiger partial charge in [0.05, 0.1) is 4.90 Å². The Morgan fingerprint density at radius 3 is 2.62 bits per heavy atom. The lowest BCUT2D eigenvalue weighted by Gasteiger charge is -2.28. The molecule has 6 heteroatoms. The summed E-state index contributed by atoms with van der Waals surface area (Å²) in [6, 6.07) is 4.66. The molecule has 1 aliphatic rings. The van der Waals surface area contributed by atoms with Crippen LogP contribution in [-0.4, -0.2) is 31.8 Å². The fourth-order valence-electron chi connectivity index (χ4n) is 2.88. The molecular weight excluding hydrogens is 310 g/mol. The minimum Gasteiger partial charge on any atom is -0.335 e. The number of carbonyl (C=O) groups is 1. The van der Waals surface area contributed by atoms with Crippen LogP contribution in [0.25, 0.3) is 0 Å². The van der Waals surface area contributed by atoms with Crippen molar-refractivity contribution in [1.82, 2.24) is 4.90 Å². The van der Waals surface area contributed by atoms with Crippen LogP contribution in [0.1, 0.15) is 42.6 Å². The van der Waals surface area contributed by atoms with Gasteiger partial charge < -0.3 is 4.90 Å². The molecular formula is C15H20ClNO3S. The highest BCUT2D eigenvalue weighted by Crippen LogP contribution is 2.27. The van der Waals surface area contributed by atoms with E-state index in [0.29, 0.717) is 11.5 Å². The van der Waals surface area contributed by atoms with Gasteiger partial charge in [0.25, 0.3) is 15.0 Å². The number of carbonyl (C=O) groups excluding carboxylic acids is 1. The molecule has 1 aromatic carbocycles. The summed E-state index contributed by atoms with van der Waals surface area (Å²) in [5.41, 5.74) is 1.18. The minimum absolute atomic E-state index is 0.0292. The molecule has 0 aromatic heterocycles. The van der Waals surface area contributed by atoms with Crippen molar-refractivity contribution in [2.24, 2.45) is 5.92 Å². The quantitative estimate of drug-likeness (QED) is 0.800. The standard InChI is InChI=1S/C15H20ClNO3S/c1-10(2)14-5-4-8-17(14)15(18)13-9-12(21(16,19)20)7-6-11(13)3/h6-7,9-10,14H,4-5,8H2,1-3H3. The molecule has 1 amide bonds. The van der Waals surface area contributed by atoms with Crippen molar-refractivity contribution in [3.05, 3.63) is 29.3 Å². The van der Waals surface area contributed by atoms with E-state index in [4.69, 9.17) is 10.7 Å². The Morgan fingerprint density at radius 1 is 1.38 bits per heavy atom. The largest absolute Gasteiger partial charge is 0.335 e. The van der Waals surface area contributed by atoms with Gasteiger partial charge in [0, 0.05) is 28.8 Å². The van der Waals surface area contributed by atoms with Gasteiger partial charge in [-0.05, 0) is 43.4 Å². The Morgan fingerprint density at radius 2 is 2.05 bits per heavy atom. The maximum Gasteiger partial charge on any atom is 0.261 e. The third-order valence-electron chi connectivity index (χ3n) is 4.05. The van der Waals surface area contributed by atoms with Crippen LogP contribution in [0.4, 0.5) is 0 Å². The summed E-state index contributed by atoms with van der Waals surface area (Å²) in [4.78, 5) is 14.6. The molecule has 116 valence electrons. The fraction of sp³-hybridized carbons (Fsp3) is 0.533. The van der Waals surface area contributed by atoms with Crippen LogP contribution >= 0.6 is 10.7 Å². The molecule has 1 atom stereocenters. The van der Waals surface area contributed by atoms with E-state index in [1.54, 1.807) is 13.0 Å². The first kappa shape index (κ1) is 16.3. The van der Waals surface area contributed by atoms with E-state index >= 15 is 0 Å². The van der Waals surface area contributed by atoms with Crippen LogP contribution in [0.2, 0.25) is 0 Å². The number of benzene rings is 1. The van der Waals surface area contributed by atoms with E-state index < -0.39 is 9.05 Å². The van der Waals surface area contributed by atoms with Gasteiger partial charge in [0.1, 0.15) is 0 Å². The lowest BCUT2D eigenvalue weighted by atomic mass is 10.0. The molecule has 2 rings (SSSR count). The molecule has 0 aliphatic carbocycles. The minimum atomic E-state index is -3.83. The zero-order chi connectivity index (χ0) is 15.8. The predicted octanol–water partition coefficient (Wildman–Crippen LogP) is 3.18. The fourth-order valence-corrected chi connectivity index (χ4v) is 3.65. The maximum atomic E-state index is 12.7. The van der Waals surface area contributed by atoms with E-state index in [0.717, 1.165) is 24.9 Å². The zero-order valence-corrected chi connectivity index (χ0v) is 14.0. The van der Waals surface area contributed by atoms with E-state index in [2.05, 4.69) is 13.8 Å². The first-order valence-electron chi connectivity index (χ1n) is 7.08. The average Bonchev–Trinajstić information content (AvgIpc) is 2.86. The van der Waals surface area contributed by atoms with Crippen molar-refractivity contribution in [1.29, 1.82) is 0 Å². The molecule has 1 aliphatic heterocycles. The van der Waals surface area contributed by atoms with E-state index in [-0.39, 0.29) is 16.8 Å². The number of likely N-dealkylation sites (tertiary alicyclic amines) is 1. The number of hydrogen-bond donors (Lipinski definition) is 0. The van der Waals surface area contributed by atoms with E-state index in [9.17, 15) is 13.2 Å². The molecule has 1 unspecified atom stereocenters. The van der Waals surface area contributed by atoms with Gasteiger partial charge in [-0.2, -0.15) is 0 Å². The van der Waals surface area contributed by atoms with Crippen LogP contribution in [-0.2, 0) is 9.05 Å². The zero-order valence-electron chi connectivity index (χ0n) is 12.5. The molecule has 1 aromatic rings. The second-order valence-electron chi connectivity index (χ2n) is 5.87. The van der Waals surface area contributed by atoms with Gasteiger partial charge in [-0.25, -0.2) is 8.42 Å². The summed E-state index contributed by atoms with van der Waals surface area (Å²) < 4.78 is 22.9. The average molecular weight is 330 g/mol. The second-order valence-corrected chi connectivity index (χ2v) is 8.43. The topological polar surface area (TPSA) is 54.5 Å². The van der Waals surface area contributed by atoms with Crippen molar-refractivity contribution in [2.75, 3.05) is 6.54 Å². The summed E-state index contributed by atoms with van der Waals surface area (Å²) in [6.45, 7) is 6.73. The molecule has 4 nitrogen and oxygen atoms in total. The molecule has 0 spiro atoms. The van der Waals surface area contributed by atoms with Crippen molar-refractivity contribution in [3.8, 4) is 0 Å². The number of nitrogens with zero attached hydrogens (tertiary/aromatic N) is 1. The van der Waals surface area contributed by atoms with E-state index in [1.807, 2.05) is 4.90 Å². The first-order valence-corrected chi connectivity index (χ1v) is 9.39. The predicted molar refractivity (Wildman–Crippen MR) is 83.1 cm³/mol. The summed E-state index contributed by atoms with van der Waals surface area (Å²) >= 11 is 0. The molecule has 1 heterocycles. The lowest BCUT2D eigenvalue weighted by Crippen LogP contribution is -2.38. The molecule has 0 bridgehead atoms. The summed E-state index contributed by atoms with van der Waals surface area (Å²) in [7, 11) is 1.55. The molecule has 1 fully saturated rings. The Labute approximate surface area is 130 Å². The van der Waals surface area contributed by atoms with Crippen molar-refractivity contribution in [3.63, 3.8) is 0 Å². The number of halogens is 1. The van der Waals surface area contributed by atoms with Crippen LogP contribution in [0.15, 0.2) is 23.1 Å². The smallest absolute Gasteiger partial charge is 0.261 e. The third kappa shape index (κ3) is 3.40. The number of aryl methyl sites for hydroxylation is 1. The number of hydrogen-bond acceptors (Lipinski definition) is 3. The monoisotopic (exact) mass is 329 g/mol. The Hall–Kier alpha value is -1.07. The Balaban J connectivity index is 2.39. The van der Waals surface area contributed by atoms with Gasteiger partial charge in [0.2, 0.25) is 0 Å². The normalized spacial score (nSPS) is 19.3. The molecule has 0 radical (unpaired) electrons. The SMILES string of the molecule is Cc1ccc(S(=O)(=O)Cl)cc1C(=O)N1CCCC1C(C)C. The van der Waals surface area contributed by atoms with Crippen LogP contribution in [0, 0.1) is 12.8 Å². The Bertz CT molecular complexity index is 655. The van der Waals surface area contributed by atoms with Crippen molar-refractivity contribution >= 4 is 25.6 Å². The molecule has 1 saturated heterocycles. The van der Waals surface area contributed by atoms with E-state index in [1.165, 1.54) is 12.1 Å². The molecule has 21 heavy (non-hydrogen) atoms. The maximum absolute atomic E-state index is 12.7. The second kappa shape index (κ2) is 5.97. The van der Waals surface area contributed by atoms with Crippen LogP contribution in [0.5, 0.6) is 0 Å². The first-order chi connectivity index (χ1) is 9.71. The summed E-state index contributed by atoms with van der Waals surface area (Å²) in [5, 5.41) is 0. The number of amides is 1.